The van der Waals surface area contributed by atoms with E-state index in [2.05, 4.69) is 40.7 Å². The van der Waals surface area contributed by atoms with Crippen molar-refractivity contribution in [1.29, 1.82) is 0 Å². The molecule has 4 nitrogen and oxygen atoms in total. The number of unbranched alkanes of at least 4 members (excludes halogenated alkanes) is 2. The van der Waals surface area contributed by atoms with Crippen molar-refractivity contribution in [3.05, 3.63) is 11.6 Å². The Balaban J connectivity index is 1.15. The molecule has 0 aromatic heterocycles. The van der Waals surface area contributed by atoms with Gasteiger partial charge in [-0.3, -0.25) is 4.79 Å². The van der Waals surface area contributed by atoms with E-state index in [1.54, 1.807) is 5.57 Å². The Bertz CT molecular complexity index is 902. The zero-order chi connectivity index (χ0) is 26.0. The molecule has 5 fully saturated rings. The number of ether oxygens (including phenoxy) is 3. The number of rotatable bonds is 5. The van der Waals surface area contributed by atoms with Crippen molar-refractivity contribution in [3.8, 4) is 0 Å². The van der Waals surface area contributed by atoms with Crippen LogP contribution in [0.25, 0.3) is 0 Å². The smallest absolute Gasteiger partial charge is 0.306 e. The topological polar surface area (TPSA) is 44.8 Å². The molecule has 1 spiro atoms. The van der Waals surface area contributed by atoms with E-state index in [4.69, 9.17) is 14.2 Å². The SMILES string of the molecule is CCCCCC(=O)O[C@H]1CC[C@@]2(C)C(=CCC3C4CC5O[C@]6(CC[C@@H](C)CO6)[C@@H](C)C5[C@@]4(C)CCC32)C1. The average Bonchev–Trinajstić information content (AvgIpc) is 3.31. The molecular formula is C33H52O4. The number of allylic oxidation sites excluding steroid dienone is 1. The molecule has 0 radical (unpaired) electrons. The zero-order valence-electron chi connectivity index (χ0n) is 24.2. The summed E-state index contributed by atoms with van der Waals surface area (Å²) in [5.41, 5.74) is 2.25. The van der Waals surface area contributed by atoms with Gasteiger partial charge < -0.3 is 14.2 Å². The second-order valence-corrected chi connectivity index (χ2v) is 14.6. The third-order valence-electron chi connectivity index (χ3n) is 12.6. The van der Waals surface area contributed by atoms with Crippen LogP contribution in [0.15, 0.2) is 11.6 Å². The molecule has 6 aliphatic rings. The predicted octanol–water partition coefficient (Wildman–Crippen LogP) is 7.85. The van der Waals surface area contributed by atoms with Gasteiger partial charge in [0.05, 0.1) is 12.7 Å². The van der Waals surface area contributed by atoms with Crippen molar-refractivity contribution >= 4 is 5.97 Å². The van der Waals surface area contributed by atoms with Crippen LogP contribution >= 0.6 is 0 Å². The van der Waals surface area contributed by atoms with Crippen LogP contribution in [0.1, 0.15) is 118 Å². The Kier molecular flexibility index (Phi) is 6.87. The van der Waals surface area contributed by atoms with Gasteiger partial charge in [-0.15, -0.1) is 0 Å². The lowest BCUT2D eigenvalue weighted by molar-refractivity contribution is -0.272. The minimum Gasteiger partial charge on any atom is -0.462 e. The summed E-state index contributed by atoms with van der Waals surface area (Å²) in [7, 11) is 0. The van der Waals surface area contributed by atoms with Crippen molar-refractivity contribution in [2.75, 3.05) is 6.61 Å². The van der Waals surface area contributed by atoms with Gasteiger partial charge >= 0.3 is 5.97 Å². The van der Waals surface area contributed by atoms with E-state index >= 15 is 0 Å². The minimum absolute atomic E-state index is 0.0190. The molecule has 37 heavy (non-hydrogen) atoms. The average molecular weight is 513 g/mol. The molecule has 11 atom stereocenters. The third kappa shape index (κ3) is 4.17. The van der Waals surface area contributed by atoms with Crippen LogP contribution in [0.5, 0.6) is 0 Å². The lowest BCUT2D eigenvalue weighted by Gasteiger charge is -2.58. The van der Waals surface area contributed by atoms with Gasteiger partial charge in [0.15, 0.2) is 5.79 Å². The Morgan fingerprint density at radius 2 is 1.92 bits per heavy atom. The summed E-state index contributed by atoms with van der Waals surface area (Å²) in [5, 5.41) is 0. The molecule has 5 unspecified atom stereocenters. The summed E-state index contributed by atoms with van der Waals surface area (Å²) in [6.07, 6.45) is 17.4. The molecule has 2 saturated heterocycles. The van der Waals surface area contributed by atoms with Gasteiger partial charge in [-0.05, 0) is 91.8 Å². The largest absolute Gasteiger partial charge is 0.462 e. The normalized spacial score (nSPS) is 50.6. The molecule has 2 aliphatic heterocycles. The summed E-state index contributed by atoms with van der Waals surface area (Å²) in [5.74, 6) is 3.77. The van der Waals surface area contributed by atoms with Gasteiger partial charge in [-0.2, -0.15) is 0 Å². The van der Waals surface area contributed by atoms with Gasteiger partial charge in [-0.25, -0.2) is 0 Å². The summed E-state index contributed by atoms with van der Waals surface area (Å²) in [6.45, 7) is 13.0. The quantitative estimate of drug-likeness (QED) is 0.214. The maximum atomic E-state index is 12.4. The second kappa shape index (κ2) is 9.65. The maximum Gasteiger partial charge on any atom is 0.306 e. The molecule has 0 aromatic rings. The van der Waals surface area contributed by atoms with Gasteiger partial charge in [-0.1, -0.05) is 59.1 Å². The van der Waals surface area contributed by atoms with Crippen LogP contribution in [0.2, 0.25) is 0 Å². The molecule has 3 saturated carbocycles. The van der Waals surface area contributed by atoms with Gasteiger partial charge in [0, 0.05) is 25.2 Å². The fourth-order valence-corrected chi connectivity index (χ4v) is 10.5. The van der Waals surface area contributed by atoms with Crippen molar-refractivity contribution in [2.45, 2.75) is 136 Å². The van der Waals surface area contributed by atoms with E-state index in [1.807, 2.05) is 0 Å². The highest BCUT2D eigenvalue weighted by Gasteiger charge is 2.68. The molecule has 0 amide bonds. The molecule has 6 rings (SSSR count). The number of fused-ring (bicyclic) bond motifs is 7. The van der Waals surface area contributed by atoms with E-state index in [0.29, 0.717) is 35.7 Å². The number of hydrogen-bond donors (Lipinski definition) is 0. The highest BCUT2D eigenvalue weighted by molar-refractivity contribution is 5.69. The van der Waals surface area contributed by atoms with Crippen molar-refractivity contribution in [2.24, 2.45) is 46.3 Å². The van der Waals surface area contributed by atoms with E-state index < -0.39 is 0 Å². The zero-order valence-corrected chi connectivity index (χ0v) is 24.2. The third-order valence-corrected chi connectivity index (χ3v) is 12.6. The van der Waals surface area contributed by atoms with Crippen LogP contribution in [0.4, 0.5) is 0 Å². The second-order valence-electron chi connectivity index (χ2n) is 14.6. The summed E-state index contributed by atoms with van der Waals surface area (Å²) >= 11 is 0. The van der Waals surface area contributed by atoms with Gasteiger partial charge in [0.1, 0.15) is 6.10 Å². The van der Waals surface area contributed by atoms with E-state index in [0.717, 1.165) is 62.9 Å². The van der Waals surface area contributed by atoms with Crippen LogP contribution in [-0.2, 0) is 19.0 Å². The summed E-state index contributed by atoms with van der Waals surface area (Å²) in [6, 6.07) is 0. The number of carbonyl (C=O) groups is 1. The Morgan fingerprint density at radius 1 is 1.08 bits per heavy atom. The molecule has 4 aliphatic carbocycles. The highest BCUT2D eigenvalue weighted by Crippen LogP contribution is 2.70. The molecule has 0 aromatic carbocycles. The predicted molar refractivity (Wildman–Crippen MR) is 146 cm³/mol. The minimum atomic E-state index is -0.315. The monoisotopic (exact) mass is 512 g/mol. The fourth-order valence-electron chi connectivity index (χ4n) is 10.5. The van der Waals surface area contributed by atoms with Gasteiger partial charge in [0.2, 0.25) is 0 Å². The van der Waals surface area contributed by atoms with Crippen molar-refractivity contribution in [1.82, 2.24) is 0 Å². The molecule has 2 heterocycles. The van der Waals surface area contributed by atoms with Crippen LogP contribution in [-0.4, -0.2) is 30.6 Å². The first kappa shape index (κ1) is 26.4. The standard InChI is InChI=1S/C33H52O4/c1-6-7-8-9-29(34)36-24-13-15-31(4)23(18-24)10-11-25-26(31)14-16-32(5)27(25)19-28-30(32)22(3)33(37-28)17-12-21(2)20-35-33/h10,21-22,24-28,30H,6-9,11-20H2,1-5H3/t21-,22+,24+,25?,26?,27?,28?,30?,31+,32+,33-/m1/s1. The van der Waals surface area contributed by atoms with Crippen molar-refractivity contribution < 1.29 is 19.0 Å². The fraction of sp³-hybridized carbons (Fsp3) is 0.909. The summed E-state index contributed by atoms with van der Waals surface area (Å²) in [4.78, 5) is 12.4. The summed E-state index contributed by atoms with van der Waals surface area (Å²) < 4.78 is 19.4. The first-order valence-electron chi connectivity index (χ1n) is 15.9. The first-order valence-corrected chi connectivity index (χ1v) is 15.9. The van der Waals surface area contributed by atoms with Crippen LogP contribution < -0.4 is 0 Å². The number of carbonyl (C=O) groups excluding carboxylic acids is 1. The molecular weight excluding hydrogens is 460 g/mol. The molecule has 0 N–H and O–H groups in total. The van der Waals surface area contributed by atoms with Crippen molar-refractivity contribution in [3.63, 3.8) is 0 Å². The van der Waals surface area contributed by atoms with Gasteiger partial charge in [0.25, 0.3) is 0 Å². The lowest BCUT2D eigenvalue weighted by Crippen LogP contribution is -2.52. The highest BCUT2D eigenvalue weighted by atomic mass is 16.7. The van der Waals surface area contributed by atoms with Crippen LogP contribution in [0.3, 0.4) is 0 Å². The van der Waals surface area contributed by atoms with Crippen LogP contribution in [0, 0.1) is 46.3 Å². The maximum absolute atomic E-state index is 12.4. The Hall–Kier alpha value is -0.870. The molecule has 0 bridgehead atoms. The first-order chi connectivity index (χ1) is 17.7. The molecule has 208 valence electrons. The molecule has 4 heteroatoms. The van der Waals surface area contributed by atoms with E-state index in [1.165, 1.54) is 38.5 Å². The lowest BCUT2D eigenvalue weighted by atomic mass is 9.47. The number of hydrogen-bond acceptors (Lipinski definition) is 4. The number of esters is 1. The Morgan fingerprint density at radius 3 is 2.68 bits per heavy atom. The Labute approximate surface area is 225 Å². The van der Waals surface area contributed by atoms with E-state index in [-0.39, 0.29) is 23.3 Å². The van der Waals surface area contributed by atoms with E-state index in [9.17, 15) is 4.79 Å².